The molecule has 0 aliphatic rings. The van der Waals surface area contributed by atoms with Crippen LogP contribution in [0.3, 0.4) is 0 Å². The van der Waals surface area contributed by atoms with Crippen molar-refractivity contribution < 1.29 is 65.5 Å². The second-order valence-corrected chi connectivity index (χ2v) is 2.56. The summed E-state index contributed by atoms with van der Waals surface area (Å²) in [6.45, 7) is 0. The fourth-order valence-electron chi connectivity index (χ4n) is 0.743. The van der Waals surface area contributed by atoms with Crippen LogP contribution in [0.2, 0.25) is 0 Å². The second-order valence-electron chi connectivity index (χ2n) is 2.06. The van der Waals surface area contributed by atoms with Crippen molar-refractivity contribution in [3.63, 3.8) is 0 Å². The Morgan fingerprint density at radius 2 is 1.92 bits per heavy atom. The van der Waals surface area contributed by atoms with Crippen LogP contribution < -0.4 is 60.7 Å². The van der Waals surface area contributed by atoms with Gasteiger partial charge in [-0.1, -0.05) is 0 Å². The average molecular weight is 222 g/mol. The molecule has 0 spiro atoms. The van der Waals surface area contributed by atoms with Crippen LogP contribution in [0, 0.1) is 0 Å². The Labute approximate surface area is 123 Å². The molecule has 1 aromatic carbocycles. The van der Waals surface area contributed by atoms with Gasteiger partial charge in [0.2, 0.25) is 0 Å². The molecule has 0 N–H and O–H groups in total. The van der Waals surface area contributed by atoms with Crippen molar-refractivity contribution in [2.45, 2.75) is 0 Å². The molecule has 64 valence electrons. The van der Waals surface area contributed by atoms with Crippen LogP contribution in [-0.4, -0.2) is 12.2 Å². The number of hydrogen-bond donors (Lipinski definition) is 0. The van der Waals surface area contributed by atoms with Gasteiger partial charge < -0.3 is 14.1 Å². The maximum atomic E-state index is 10.3. The van der Waals surface area contributed by atoms with E-state index in [0.717, 1.165) is 0 Å². The van der Waals surface area contributed by atoms with E-state index in [-0.39, 0.29) is 56.9 Å². The molecular formula is C8H7KO3S. The summed E-state index contributed by atoms with van der Waals surface area (Å²) in [5.41, 5.74) is 0.156. The van der Waals surface area contributed by atoms with Gasteiger partial charge in [-0.15, -0.1) is 0 Å². The fraction of sp³-hybridized carbons (Fsp3) is 0.125. The quantitative estimate of drug-likeness (QED) is 0.427. The summed E-state index contributed by atoms with van der Waals surface area (Å²) >= 11 is 1.21. The van der Waals surface area contributed by atoms with Crippen LogP contribution in [0.5, 0.6) is 5.75 Å². The van der Waals surface area contributed by atoms with Crippen LogP contribution >= 0.6 is 12.0 Å². The molecule has 3 nitrogen and oxygen atoms in total. The molecule has 5 heteroatoms. The SMILES string of the molecule is CSOc1ccc(C(=O)[O-])cc1.[K+]. The van der Waals surface area contributed by atoms with E-state index in [2.05, 4.69) is 0 Å². The first kappa shape index (κ1) is 13.5. The normalized spacial score (nSPS) is 8.69. The minimum atomic E-state index is -1.18. The number of hydrogen-bond acceptors (Lipinski definition) is 4. The van der Waals surface area contributed by atoms with E-state index in [1.165, 1.54) is 24.2 Å². The van der Waals surface area contributed by atoms with Gasteiger partial charge in [-0.3, -0.25) is 0 Å². The molecule has 0 atom stereocenters. The second kappa shape index (κ2) is 6.86. The first-order chi connectivity index (χ1) is 5.74. The molecule has 0 saturated heterocycles. The molecule has 0 fully saturated rings. The minimum Gasteiger partial charge on any atom is -0.545 e. The number of aromatic carboxylic acids is 1. The topological polar surface area (TPSA) is 49.4 Å². The summed E-state index contributed by atoms with van der Waals surface area (Å²) in [5, 5.41) is 10.3. The summed E-state index contributed by atoms with van der Waals surface area (Å²) < 4.78 is 5.04. The van der Waals surface area contributed by atoms with E-state index in [0.29, 0.717) is 5.75 Å². The van der Waals surface area contributed by atoms with Gasteiger partial charge in [-0.2, -0.15) is 0 Å². The van der Waals surface area contributed by atoms with Gasteiger partial charge in [0.1, 0.15) is 5.75 Å². The maximum Gasteiger partial charge on any atom is 1.00 e. The van der Waals surface area contributed by atoms with E-state index in [1.54, 1.807) is 18.4 Å². The molecule has 0 aliphatic carbocycles. The van der Waals surface area contributed by atoms with E-state index in [4.69, 9.17) is 4.18 Å². The van der Waals surface area contributed by atoms with E-state index < -0.39 is 5.97 Å². The van der Waals surface area contributed by atoms with Crippen molar-refractivity contribution in [1.82, 2.24) is 0 Å². The minimum absolute atomic E-state index is 0. The molecule has 0 aromatic heterocycles. The van der Waals surface area contributed by atoms with Crippen molar-refractivity contribution >= 4 is 18.0 Å². The molecular weight excluding hydrogens is 215 g/mol. The van der Waals surface area contributed by atoms with Crippen molar-refractivity contribution in [3.8, 4) is 5.75 Å². The smallest absolute Gasteiger partial charge is 0.545 e. The summed E-state index contributed by atoms with van der Waals surface area (Å²) in [4.78, 5) is 10.3. The molecule has 0 aliphatic heterocycles. The Morgan fingerprint density at radius 3 is 2.31 bits per heavy atom. The summed E-state index contributed by atoms with van der Waals surface area (Å²) in [6.07, 6.45) is 1.78. The van der Waals surface area contributed by atoms with Gasteiger partial charge in [0.15, 0.2) is 0 Å². The fourth-order valence-corrected chi connectivity index (χ4v) is 1.05. The van der Waals surface area contributed by atoms with Crippen molar-refractivity contribution in [1.29, 1.82) is 0 Å². The average Bonchev–Trinajstić information content (AvgIpc) is 2.06. The van der Waals surface area contributed by atoms with Gasteiger partial charge in [0, 0.05) is 6.26 Å². The van der Waals surface area contributed by atoms with Gasteiger partial charge in [-0.25, -0.2) is 0 Å². The van der Waals surface area contributed by atoms with Crippen LogP contribution in [0.4, 0.5) is 0 Å². The van der Waals surface area contributed by atoms with E-state index in [1.807, 2.05) is 0 Å². The Bertz CT molecular complexity index is 273. The van der Waals surface area contributed by atoms with Crippen LogP contribution in [0.1, 0.15) is 10.4 Å². The molecule has 0 bridgehead atoms. The molecule has 1 aromatic rings. The molecule has 1 rings (SSSR count). The van der Waals surface area contributed by atoms with Gasteiger partial charge in [0.25, 0.3) is 0 Å². The predicted molar refractivity (Wildman–Crippen MR) is 44.9 cm³/mol. The summed E-state index contributed by atoms with van der Waals surface area (Å²) in [5.74, 6) is -0.543. The molecule has 0 amide bonds. The monoisotopic (exact) mass is 222 g/mol. The van der Waals surface area contributed by atoms with Crippen LogP contribution in [-0.2, 0) is 0 Å². The number of rotatable bonds is 3. The maximum absolute atomic E-state index is 10.3. The van der Waals surface area contributed by atoms with Crippen molar-refractivity contribution in [2.75, 3.05) is 6.26 Å². The summed E-state index contributed by atoms with van der Waals surface area (Å²) in [6, 6.07) is 6.06. The Balaban J connectivity index is 0.00000144. The molecule has 13 heavy (non-hydrogen) atoms. The number of carboxylic acids is 1. The number of carbonyl (C=O) groups excluding carboxylic acids is 1. The standard InChI is InChI=1S/C8H8O3S.K/c1-12-11-7-4-2-6(3-5-7)8(9)10;/h2-5H,1H3,(H,9,10);/q;+1/p-1. The zero-order chi connectivity index (χ0) is 8.97. The van der Waals surface area contributed by atoms with Crippen molar-refractivity contribution in [2.24, 2.45) is 0 Å². The number of carbonyl (C=O) groups is 1. The first-order valence-electron chi connectivity index (χ1n) is 3.26. The van der Waals surface area contributed by atoms with Crippen LogP contribution in [0.15, 0.2) is 24.3 Å². The third kappa shape index (κ3) is 4.48. The molecule has 0 unspecified atom stereocenters. The molecule has 0 radical (unpaired) electrons. The number of benzene rings is 1. The molecule has 0 saturated carbocycles. The third-order valence-electron chi connectivity index (χ3n) is 1.27. The van der Waals surface area contributed by atoms with E-state index >= 15 is 0 Å². The van der Waals surface area contributed by atoms with Crippen LogP contribution in [0.25, 0.3) is 0 Å². The predicted octanol–water partition coefficient (Wildman–Crippen LogP) is -2.29. The molecule has 0 heterocycles. The Kier molecular flexibility index (Phi) is 7.11. The largest absolute Gasteiger partial charge is 1.00 e. The van der Waals surface area contributed by atoms with Crippen molar-refractivity contribution in [3.05, 3.63) is 29.8 Å². The Hall–Kier alpha value is 0.476. The van der Waals surface area contributed by atoms with Gasteiger partial charge >= 0.3 is 51.4 Å². The number of carboxylic acid groups (broad SMARTS) is 1. The third-order valence-corrected chi connectivity index (χ3v) is 1.63. The van der Waals surface area contributed by atoms with Gasteiger partial charge in [0.05, 0.1) is 18.0 Å². The summed E-state index contributed by atoms with van der Waals surface area (Å²) in [7, 11) is 0. The first-order valence-corrected chi connectivity index (χ1v) is 4.41. The van der Waals surface area contributed by atoms with E-state index in [9.17, 15) is 9.90 Å². The Morgan fingerprint density at radius 1 is 1.38 bits per heavy atom. The zero-order valence-corrected chi connectivity index (χ0v) is 11.4. The van der Waals surface area contributed by atoms with Gasteiger partial charge in [-0.05, 0) is 29.8 Å². The zero-order valence-electron chi connectivity index (χ0n) is 7.44.